The number of carbonyl (C=O) groups is 1. The summed E-state index contributed by atoms with van der Waals surface area (Å²) in [5, 5.41) is 2.79. The smallest absolute Gasteiger partial charge is 0.251 e. The summed E-state index contributed by atoms with van der Waals surface area (Å²) < 4.78 is 13.1. The summed E-state index contributed by atoms with van der Waals surface area (Å²) >= 11 is 0. The second kappa shape index (κ2) is 7.23. The first-order valence-electron chi connectivity index (χ1n) is 7.65. The summed E-state index contributed by atoms with van der Waals surface area (Å²) in [6, 6.07) is 13.6. The van der Waals surface area contributed by atoms with Gasteiger partial charge in [0, 0.05) is 12.1 Å². The minimum atomic E-state index is -0.299. The maximum absolute atomic E-state index is 13.1. The first-order valence-corrected chi connectivity index (χ1v) is 7.65. The maximum Gasteiger partial charge on any atom is 0.251 e. The summed E-state index contributed by atoms with van der Waals surface area (Å²) in [6.45, 7) is 6.72. The van der Waals surface area contributed by atoms with Crippen molar-refractivity contribution < 1.29 is 9.18 Å². The molecule has 0 saturated heterocycles. The molecule has 0 radical (unpaired) electrons. The van der Waals surface area contributed by atoms with Gasteiger partial charge in [-0.25, -0.2) is 4.39 Å². The highest BCUT2D eigenvalue weighted by Gasteiger charge is 2.06. The van der Waals surface area contributed by atoms with Crippen molar-refractivity contribution in [2.24, 2.45) is 5.41 Å². The number of rotatable bonds is 4. The molecule has 0 fully saturated rings. The van der Waals surface area contributed by atoms with Gasteiger partial charge in [-0.05, 0) is 40.8 Å². The summed E-state index contributed by atoms with van der Waals surface area (Å²) in [5.74, 6) is -0.465. The van der Waals surface area contributed by atoms with Gasteiger partial charge in [-0.3, -0.25) is 4.79 Å². The molecule has 0 aliphatic rings. The molecule has 1 amide bonds. The second-order valence-corrected chi connectivity index (χ2v) is 6.63. The van der Waals surface area contributed by atoms with Gasteiger partial charge in [-0.2, -0.15) is 0 Å². The van der Waals surface area contributed by atoms with Gasteiger partial charge in [0.1, 0.15) is 5.82 Å². The number of benzene rings is 2. The van der Waals surface area contributed by atoms with E-state index in [9.17, 15) is 9.18 Å². The Labute approximate surface area is 137 Å². The van der Waals surface area contributed by atoms with Crippen molar-refractivity contribution in [2.75, 3.05) is 0 Å². The maximum atomic E-state index is 13.1. The number of halogens is 1. The lowest BCUT2D eigenvalue weighted by atomic mass is 9.95. The van der Waals surface area contributed by atoms with Crippen molar-refractivity contribution in [3.63, 3.8) is 0 Å². The summed E-state index contributed by atoms with van der Waals surface area (Å²) in [7, 11) is 0. The number of amides is 1. The SMILES string of the molecule is CC(C)(C)C=Cc1ccc(C(=O)NCc2cccc(F)c2)cc1. The van der Waals surface area contributed by atoms with Crippen LogP contribution >= 0.6 is 0 Å². The standard InChI is InChI=1S/C20H22FNO/c1-20(2,3)12-11-15-7-9-17(10-8-15)19(23)22-14-16-5-4-6-18(21)13-16/h4-13H,14H2,1-3H3,(H,22,23). The summed E-state index contributed by atoms with van der Waals surface area (Å²) in [6.07, 6.45) is 4.18. The molecule has 120 valence electrons. The number of allylic oxidation sites excluding steroid dienone is 1. The molecule has 2 nitrogen and oxygen atoms in total. The molecule has 0 atom stereocenters. The average Bonchev–Trinajstić information content (AvgIpc) is 2.50. The van der Waals surface area contributed by atoms with Crippen molar-refractivity contribution >= 4 is 12.0 Å². The van der Waals surface area contributed by atoms with E-state index in [1.807, 2.05) is 12.1 Å². The predicted octanol–water partition coefficient (Wildman–Crippen LogP) is 4.82. The van der Waals surface area contributed by atoms with Crippen LogP contribution in [0.5, 0.6) is 0 Å². The quantitative estimate of drug-likeness (QED) is 0.862. The van der Waals surface area contributed by atoms with E-state index in [0.717, 1.165) is 11.1 Å². The molecule has 23 heavy (non-hydrogen) atoms. The highest BCUT2D eigenvalue weighted by Crippen LogP contribution is 2.17. The Morgan fingerprint density at radius 2 is 1.83 bits per heavy atom. The Hall–Kier alpha value is -2.42. The Bertz CT molecular complexity index is 696. The molecule has 0 heterocycles. The largest absolute Gasteiger partial charge is 0.348 e. The molecular formula is C20H22FNO. The third kappa shape index (κ3) is 5.70. The van der Waals surface area contributed by atoms with Crippen molar-refractivity contribution in [3.8, 4) is 0 Å². The zero-order chi connectivity index (χ0) is 16.9. The lowest BCUT2D eigenvalue weighted by Gasteiger charge is -2.11. The minimum Gasteiger partial charge on any atom is -0.348 e. The van der Waals surface area contributed by atoms with E-state index in [1.54, 1.807) is 24.3 Å². The van der Waals surface area contributed by atoms with Gasteiger partial charge in [0.15, 0.2) is 0 Å². The topological polar surface area (TPSA) is 29.1 Å². The average molecular weight is 311 g/mol. The van der Waals surface area contributed by atoms with Gasteiger partial charge in [0.25, 0.3) is 5.91 Å². The summed E-state index contributed by atoms with van der Waals surface area (Å²) in [4.78, 5) is 12.1. The summed E-state index contributed by atoms with van der Waals surface area (Å²) in [5.41, 5.74) is 2.51. The molecule has 0 unspecified atom stereocenters. The van der Waals surface area contributed by atoms with E-state index in [1.165, 1.54) is 12.1 Å². The van der Waals surface area contributed by atoms with E-state index in [-0.39, 0.29) is 17.1 Å². The van der Waals surface area contributed by atoms with Gasteiger partial charge in [0.2, 0.25) is 0 Å². The fourth-order valence-corrected chi connectivity index (χ4v) is 2.02. The van der Waals surface area contributed by atoms with E-state index < -0.39 is 0 Å². The number of hydrogen-bond donors (Lipinski definition) is 1. The van der Waals surface area contributed by atoms with E-state index in [4.69, 9.17) is 0 Å². The van der Waals surface area contributed by atoms with Crippen LogP contribution < -0.4 is 5.32 Å². The van der Waals surface area contributed by atoms with Gasteiger partial charge in [0.05, 0.1) is 0 Å². The fourth-order valence-electron chi connectivity index (χ4n) is 2.02. The molecule has 1 N–H and O–H groups in total. The lowest BCUT2D eigenvalue weighted by molar-refractivity contribution is 0.0951. The zero-order valence-electron chi connectivity index (χ0n) is 13.8. The van der Waals surface area contributed by atoms with Crippen LogP contribution in [0.1, 0.15) is 42.3 Å². The normalized spacial score (nSPS) is 11.7. The van der Waals surface area contributed by atoms with Crippen molar-refractivity contribution in [3.05, 3.63) is 77.1 Å². The lowest BCUT2D eigenvalue weighted by Crippen LogP contribution is -2.22. The molecule has 2 rings (SSSR count). The van der Waals surface area contributed by atoms with Crippen LogP contribution in [0.15, 0.2) is 54.6 Å². The first kappa shape index (κ1) is 16.9. The van der Waals surface area contributed by atoms with Crippen LogP contribution in [0.3, 0.4) is 0 Å². The van der Waals surface area contributed by atoms with Gasteiger partial charge in [-0.15, -0.1) is 0 Å². The van der Waals surface area contributed by atoms with Crippen molar-refractivity contribution in [2.45, 2.75) is 27.3 Å². The second-order valence-electron chi connectivity index (χ2n) is 6.63. The molecule has 0 aliphatic carbocycles. The molecule has 2 aromatic rings. The van der Waals surface area contributed by atoms with Gasteiger partial charge < -0.3 is 5.32 Å². The van der Waals surface area contributed by atoms with E-state index >= 15 is 0 Å². The highest BCUT2D eigenvalue weighted by molar-refractivity contribution is 5.94. The molecule has 0 aromatic heterocycles. The fraction of sp³-hybridized carbons (Fsp3) is 0.250. The molecule has 0 bridgehead atoms. The van der Waals surface area contributed by atoms with E-state index in [0.29, 0.717) is 12.1 Å². The molecule has 3 heteroatoms. The molecular weight excluding hydrogens is 289 g/mol. The molecule has 2 aromatic carbocycles. The van der Waals surface area contributed by atoms with Crippen LogP contribution in [0, 0.1) is 11.2 Å². The first-order chi connectivity index (χ1) is 10.8. The van der Waals surface area contributed by atoms with Gasteiger partial charge >= 0.3 is 0 Å². The van der Waals surface area contributed by atoms with Crippen LogP contribution in [-0.4, -0.2) is 5.91 Å². The Kier molecular flexibility index (Phi) is 5.32. The van der Waals surface area contributed by atoms with Gasteiger partial charge in [-0.1, -0.05) is 57.2 Å². The number of hydrogen-bond acceptors (Lipinski definition) is 1. The monoisotopic (exact) mass is 311 g/mol. The van der Waals surface area contributed by atoms with Crippen molar-refractivity contribution in [1.29, 1.82) is 0 Å². The molecule has 0 saturated carbocycles. The number of nitrogens with one attached hydrogen (secondary N) is 1. The van der Waals surface area contributed by atoms with Crippen LogP contribution in [0.25, 0.3) is 6.08 Å². The van der Waals surface area contributed by atoms with Crippen LogP contribution in [0.4, 0.5) is 4.39 Å². The molecule has 0 spiro atoms. The predicted molar refractivity (Wildman–Crippen MR) is 92.5 cm³/mol. The van der Waals surface area contributed by atoms with E-state index in [2.05, 4.69) is 38.2 Å². The van der Waals surface area contributed by atoms with Crippen LogP contribution in [0.2, 0.25) is 0 Å². The molecule has 0 aliphatic heterocycles. The third-order valence-electron chi connectivity index (χ3n) is 3.29. The Morgan fingerprint density at radius 3 is 2.43 bits per heavy atom. The third-order valence-corrected chi connectivity index (χ3v) is 3.29. The zero-order valence-corrected chi connectivity index (χ0v) is 13.8. The minimum absolute atomic E-state index is 0.126. The number of carbonyl (C=O) groups excluding carboxylic acids is 1. The van der Waals surface area contributed by atoms with Crippen LogP contribution in [-0.2, 0) is 6.54 Å². The highest BCUT2D eigenvalue weighted by atomic mass is 19.1. The Morgan fingerprint density at radius 1 is 1.13 bits per heavy atom. The van der Waals surface area contributed by atoms with Crippen molar-refractivity contribution in [1.82, 2.24) is 5.32 Å². The Balaban J connectivity index is 1.96.